The molecule has 5 heterocycles. The molecule has 274 valence electrons. The zero-order chi connectivity index (χ0) is 37.0. The molecule has 3 aromatic heterocycles. The molecule has 2 aliphatic heterocycles. The van der Waals surface area contributed by atoms with E-state index in [0.717, 1.165) is 58.6 Å². The van der Waals surface area contributed by atoms with Crippen LogP contribution in [0.25, 0.3) is 56.4 Å². The van der Waals surface area contributed by atoms with E-state index in [9.17, 15) is 18.7 Å². The van der Waals surface area contributed by atoms with Crippen LogP contribution in [0.3, 0.4) is 0 Å². The summed E-state index contributed by atoms with van der Waals surface area (Å²) >= 11 is 0. The number of ether oxygens (including phenoxy) is 1. The van der Waals surface area contributed by atoms with Gasteiger partial charge in [-0.25, -0.2) is 15.0 Å². The van der Waals surface area contributed by atoms with E-state index >= 15 is 0 Å². The quantitative estimate of drug-likeness (QED) is 0.144. The van der Waals surface area contributed by atoms with E-state index in [1.54, 1.807) is 11.0 Å². The van der Waals surface area contributed by atoms with Crippen LogP contribution in [-0.2, 0) is 17.9 Å². The fourth-order valence-electron chi connectivity index (χ4n) is 7.60. The summed E-state index contributed by atoms with van der Waals surface area (Å²) in [6, 6.07) is 16.9. The number of benzene rings is 3. The maximum Gasteiger partial charge on any atom is 0.387 e. The van der Waals surface area contributed by atoms with Gasteiger partial charge in [-0.3, -0.25) is 14.6 Å². The van der Waals surface area contributed by atoms with E-state index < -0.39 is 18.6 Å². The van der Waals surface area contributed by atoms with Gasteiger partial charge in [0, 0.05) is 61.2 Å². The number of carboxylic acid groups (broad SMARTS) is 1. The summed E-state index contributed by atoms with van der Waals surface area (Å²) in [5.41, 5.74) is 8.90. The molecule has 0 saturated carbocycles. The molecule has 0 amide bonds. The first kappa shape index (κ1) is 34.8. The third-order valence-electron chi connectivity index (χ3n) is 10.6. The van der Waals surface area contributed by atoms with Gasteiger partial charge in [0.05, 0.1) is 0 Å². The molecule has 11 nitrogen and oxygen atoms in total. The highest BCUT2D eigenvalue weighted by molar-refractivity contribution is 5.85. The van der Waals surface area contributed by atoms with Crippen molar-refractivity contribution in [1.82, 2.24) is 29.7 Å². The number of pyridine rings is 1. The van der Waals surface area contributed by atoms with Crippen LogP contribution in [-0.4, -0.2) is 93.2 Å². The minimum atomic E-state index is -3.06. The van der Waals surface area contributed by atoms with Crippen LogP contribution in [0.2, 0.25) is 0 Å². The van der Waals surface area contributed by atoms with Crippen LogP contribution in [0.15, 0.2) is 69.6 Å². The smallest absolute Gasteiger partial charge is 0.387 e. The van der Waals surface area contributed by atoms with Crippen molar-refractivity contribution >= 4 is 28.3 Å². The number of carboxylic acids is 1. The molecule has 6 aromatic rings. The number of hydrogen-bond acceptors (Lipinski definition) is 10. The minimum Gasteiger partial charge on any atom is -0.480 e. The van der Waals surface area contributed by atoms with Gasteiger partial charge in [0.25, 0.3) is 0 Å². The molecular weight excluding hydrogens is 682 g/mol. The summed E-state index contributed by atoms with van der Waals surface area (Å²) in [6.07, 6.45) is 3.07. The van der Waals surface area contributed by atoms with Crippen molar-refractivity contribution in [2.24, 2.45) is 0 Å². The third kappa shape index (κ3) is 6.76. The molecule has 1 atom stereocenters. The summed E-state index contributed by atoms with van der Waals surface area (Å²) < 4.78 is 44.2. The first-order valence-corrected chi connectivity index (χ1v) is 17.7. The fourth-order valence-corrected chi connectivity index (χ4v) is 7.60. The monoisotopic (exact) mass is 722 g/mol. The number of likely N-dealkylation sites (tertiary alicyclic amines) is 2. The molecule has 53 heavy (non-hydrogen) atoms. The number of oxazole rings is 2. The van der Waals surface area contributed by atoms with Crippen LogP contribution < -0.4 is 4.74 Å². The molecule has 13 heteroatoms. The van der Waals surface area contributed by atoms with Crippen LogP contribution in [0.5, 0.6) is 5.75 Å². The van der Waals surface area contributed by atoms with Gasteiger partial charge in [0.1, 0.15) is 22.8 Å². The number of carbonyl (C=O) groups is 1. The maximum atomic E-state index is 13.5. The lowest BCUT2D eigenvalue weighted by Gasteiger charge is -2.42. The largest absolute Gasteiger partial charge is 0.480 e. The van der Waals surface area contributed by atoms with E-state index in [4.69, 9.17) is 23.5 Å². The molecule has 3 aromatic carbocycles. The number of nitrogens with zero attached hydrogens (tertiary/aromatic N) is 6. The Bertz CT molecular complexity index is 2330. The van der Waals surface area contributed by atoms with Gasteiger partial charge in [-0.1, -0.05) is 24.3 Å². The van der Waals surface area contributed by atoms with Gasteiger partial charge in [0.2, 0.25) is 17.5 Å². The zero-order valence-electron chi connectivity index (χ0n) is 30.0. The number of halogens is 2. The number of alkyl halides is 2. The summed E-state index contributed by atoms with van der Waals surface area (Å²) in [7, 11) is 4.22. The average Bonchev–Trinajstić information content (AvgIpc) is 3.84. The maximum absolute atomic E-state index is 13.5. The van der Waals surface area contributed by atoms with Crippen molar-refractivity contribution < 1.29 is 32.3 Å². The molecule has 0 spiro atoms. The SMILES string of the molecule is Cc1c(-c2nc3cc(CN4CCC[C@H]4C(=O)O)c(OC(F)F)cc3o2)cccc1-c1cccc(-c2nc3cc(CN4CC(N(C)C)C4)cnc3o2)c1C. The van der Waals surface area contributed by atoms with Gasteiger partial charge in [-0.2, -0.15) is 8.78 Å². The van der Waals surface area contributed by atoms with Crippen LogP contribution >= 0.6 is 0 Å². The average molecular weight is 723 g/mol. The van der Waals surface area contributed by atoms with E-state index in [0.29, 0.717) is 59.5 Å². The number of rotatable bonds is 11. The Morgan fingerprint density at radius 3 is 2.26 bits per heavy atom. The highest BCUT2D eigenvalue weighted by Crippen LogP contribution is 2.39. The Morgan fingerprint density at radius 1 is 0.943 bits per heavy atom. The number of likely N-dealkylation sites (N-methyl/N-ethyl adjacent to an activating group) is 1. The lowest BCUT2D eigenvalue weighted by atomic mass is 9.91. The lowest BCUT2D eigenvalue weighted by molar-refractivity contribution is -0.142. The second-order valence-electron chi connectivity index (χ2n) is 14.2. The number of aromatic nitrogens is 3. The van der Waals surface area contributed by atoms with E-state index in [1.807, 2.05) is 56.4 Å². The van der Waals surface area contributed by atoms with Gasteiger partial charge in [-0.15, -0.1) is 0 Å². The van der Waals surface area contributed by atoms with Crippen molar-refractivity contribution in [3.8, 4) is 39.8 Å². The van der Waals surface area contributed by atoms with Crippen LogP contribution in [0.1, 0.15) is 35.1 Å². The van der Waals surface area contributed by atoms with Crippen molar-refractivity contribution in [2.75, 3.05) is 33.7 Å². The number of hydrogen-bond donors (Lipinski definition) is 1. The standard InChI is InChI=1S/C40H40F2N6O5/c1-22-27(28-9-6-11-30(23(28)2)37-45-32-14-24(17-43-38(32)53-37)18-47-20-26(21-47)46(3)4)8-5-10-29(22)36-44-31-15-25(19-48-13-7-12-33(48)39(49)50)34(52-40(41)42)16-35(31)51-36/h5-6,8-11,14-17,26,33,40H,7,12-13,18-21H2,1-4H3,(H,49,50)/t33-/m0/s1. The summed E-state index contributed by atoms with van der Waals surface area (Å²) in [5, 5.41) is 9.66. The molecule has 2 fully saturated rings. The summed E-state index contributed by atoms with van der Waals surface area (Å²) in [4.78, 5) is 32.4. The lowest BCUT2D eigenvalue weighted by Crippen LogP contribution is -2.56. The molecule has 2 aliphatic rings. The van der Waals surface area contributed by atoms with Crippen molar-refractivity contribution in [3.63, 3.8) is 0 Å². The van der Waals surface area contributed by atoms with Crippen molar-refractivity contribution in [2.45, 2.75) is 58.5 Å². The molecule has 0 unspecified atom stereocenters. The van der Waals surface area contributed by atoms with E-state index in [2.05, 4.69) is 34.9 Å². The highest BCUT2D eigenvalue weighted by atomic mass is 19.3. The topological polar surface area (TPSA) is 121 Å². The normalized spacial score (nSPS) is 17.1. The Kier molecular flexibility index (Phi) is 9.17. The van der Waals surface area contributed by atoms with E-state index in [-0.39, 0.29) is 17.9 Å². The molecule has 0 bridgehead atoms. The number of fused-ring (bicyclic) bond motifs is 2. The minimum absolute atomic E-state index is 0.0657. The van der Waals surface area contributed by atoms with Gasteiger partial charge in [-0.05, 0) is 99.4 Å². The highest BCUT2D eigenvalue weighted by Gasteiger charge is 2.32. The van der Waals surface area contributed by atoms with Crippen LogP contribution in [0, 0.1) is 13.8 Å². The fraction of sp³-hybridized carbons (Fsp3) is 0.350. The van der Waals surface area contributed by atoms with Gasteiger partial charge < -0.3 is 23.6 Å². The van der Waals surface area contributed by atoms with Gasteiger partial charge >= 0.3 is 12.6 Å². The summed E-state index contributed by atoms with van der Waals surface area (Å²) in [5.74, 6) is -0.177. The molecular formula is C40H40F2N6O5. The summed E-state index contributed by atoms with van der Waals surface area (Å²) in [6.45, 7) is 4.52. The first-order chi connectivity index (χ1) is 25.5. The Balaban J connectivity index is 1.09. The second kappa shape index (κ2) is 14.0. The van der Waals surface area contributed by atoms with Gasteiger partial charge in [0.15, 0.2) is 5.58 Å². The number of aliphatic carboxylic acids is 1. The second-order valence-corrected chi connectivity index (χ2v) is 14.2. The predicted octanol–water partition coefficient (Wildman–Crippen LogP) is 7.38. The van der Waals surface area contributed by atoms with Crippen molar-refractivity contribution in [1.29, 1.82) is 0 Å². The van der Waals surface area contributed by atoms with Crippen molar-refractivity contribution in [3.05, 3.63) is 83.0 Å². The molecule has 0 radical (unpaired) electrons. The first-order valence-electron chi connectivity index (χ1n) is 17.7. The Morgan fingerprint density at radius 2 is 1.60 bits per heavy atom. The Labute approximate surface area is 304 Å². The molecule has 2 saturated heterocycles. The third-order valence-corrected chi connectivity index (χ3v) is 10.6. The van der Waals surface area contributed by atoms with E-state index in [1.165, 1.54) is 6.07 Å². The Hall–Kier alpha value is -5.24. The van der Waals surface area contributed by atoms with Crippen LogP contribution in [0.4, 0.5) is 8.78 Å². The zero-order valence-corrected chi connectivity index (χ0v) is 30.0. The molecule has 1 N–H and O–H groups in total. The molecule has 0 aliphatic carbocycles. The predicted molar refractivity (Wildman–Crippen MR) is 196 cm³/mol. The molecule has 8 rings (SSSR count).